The van der Waals surface area contributed by atoms with Crippen molar-refractivity contribution in [3.05, 3.63) is 163 Å². The van der Waals surface area contributed by atoms with Crippen LogP contribution in [0.5, 0.6) is 0 Å². The molecule has 1 nitrogen and oxygen atoms in total. The molecule has 2 N–H and O–H groups in total. The number of nitrogens with two attached hydrogens (primary N) is 1. The summed E-state index contributed by atoms with van der Waals surface area (Å²) in [6, 6.07) is 49.2. The molecule has 0 aliphatic carbocycles. The highest BCUT2D eigenvalue weighted by Gasteiger charge is 2.19. The van der Waals surface area contributed by atoms with E-state index >= 15 is 0 Å². The van der Waals surface area contributed by atoms with E-state index in [4.69, 9.17) is 0 Å². The van der Waals surface area contributed by atoms with Crippen molar-refractivity contribution < 1.29 is 0 Å². The summed E-state index contributed by atoms with van der Waals surface area (Å²) >= 11 is 0. The van der Waals surface area contributed by atoms with Crippen LogP contribution in [-0.4, -0.2) is 7.05 Å². The molecule has 0 amide bonds. The lowest BCUT2D eigenvalue weighted by molar-refractivity contribution is 1.47. The van der Waals surface area contributed by atoms with Crippen molar-refractivity contribution in [3.63, 3.8) is 0 Å². The second-order valence-electron chi connectivity index (χ2n) is 11.2. The van der Waals surface area contributed by atoms with Gasteiger partial charge in [0.15, 0.2) is 0 Å². The molecule has 0 saturated carbocycles. The summed E-state index contributed by atoms with van der Waals surface area (Å²) < 4.78 is 0. The molecule has 0 heterocycles. The Kier molecular flexibility index (Phi) is 8.73. The highest BCUT2D eigenvalue weighted by molar-refractivity contribution is 6.24. The number of benzene rings is 7. The van der Waals surface area contributed by atoms with E-state index in [9.17, 15) is 0 Å². The van der Waals surface area contributed by atoms with Crippen LogP contribution in [0.25, 0.3) is 71.3 Å². The molecule has 0 aromatic heterocycles. The van der Waals surface area contributed by atoms with Crippen molar-refractivity contribution in [1.29, 1.82) is 0 Å². The number of fused-ring (bicyclic) bond motifs is 3. The fourth-order valence-corrected chi connectivity index (χ4v) is 6.62. The van der Waals surface area contributed by atoms with Gasteiger partial charge in [0.1, 0.15) is 0 Å². The van der Waals surface area contributed by atoms with E-state index in [0.29, 0.717) is 0 Å². The molecule has 45 heavy (non-hydrogen) atoms. The summed E-state index contributed by atoms with van der Waals surface area (Å²) in [6.07, 6.45) is 6.48. The zero-order chi connectivity index (χ0) is 31.3. The van der Waals surface area contributed by atoms with E-state index < -0.39 is 0 Å². The van der Waals surface area contributed by atoms with Crippen molar-refractivity contribution in [3.8, 4) is 33.4 Å². The number of hydrogen-bond donors (Lipinski definition) is 1. The Hall–Kier alpha value is -5.24. The molecule has 0 aliphatic rings. The predicted molar refractivity (Wildman–Crippen MR) is 199 cm³/mol. The topological polar surface area (TPSA) is 26.0 Å². The maximum absolute atomic E-state index is 4.50. The van der Waals surface area contributed by atoms with Gasteiger partial charge < -0.3 is 5.73 Å². The van der Waals surface area contributed by atoms with Gasteiger partial charge in [0.2, 0.25) is 0 Å². The first kappa shape index (κ1) is 29.8. The number of hydrogen-bond acceptors (Lipinski definition) is 1. The third kappa shape index (κ3) is 5.48. The third-order valence-corrected chi connectivity index (χ3v) is 8.63. The normalized spacial score (nSPS) is 11.7. The first-order chi connectivity index (χ1) is 22.2. The molecule has 0 fully saturated rings. The van der Waals surface area contributed by atoms with Crippen LogP contribution >= 0.6 is 0 Å². The maximum atomic E-state index is 4.50. The number of aryl methyl sites for hydroxylation is 1. The molecule has 0 saturated heterocycles. The molecule has 0 radical (unpaired) electrons. The molecule has 0 atom stereocenters. The molecule has 7 aromatic rings. The molecule has 0 bridgehead atoms. The molecule has 0 spiro atoms. The third-order valence-electron chi connectivity index (χ3n) is 8.63. The van der Waals surface area contributed by atoms with E-state index in [1.807, 2.05) is 0 Å². The molecular weight excluding hydrogens is 542 g/mol. The van der Waals surface area contributed by atoms with E-state index in [-0.39, 0.29) is 0 Å². The van der Waals surface area contributed by atoms with Crippen LogP contribution in [-0.2, 0) is 0 Å². The molecule has 0 aliphatic heterocycles. The van der Waals surface area contributed by atoms with Gasteiger partial charge in [-0.25, -0.2) is 0 Å². The average Bonchev–Trinajstić information content (AvgIpc) is 3.10. The Morgan fingerprint density at radius 2 is 1.00 bits per heavy atom. The van der Waals surface area contributed by atoms with Crippen molar-refractivity contribution in [2.24, 2.45) is 5.73 Å². The van der Waals surface area contributed by atoms with Crippen LogP contribution in [0.2, 0.25) is 0 Å². The van der Waals surface area contributed by atoms with Gasteiger partial charge in [0, 0.05) is 0 Å². The van der Waals surface area contributed by atoms with Crippen molar-refractivity contribution in [2.45, 2.75) is 20.8 Å². The molecule has 7 aromatic carbocycles. The summed E-state index contributed by atoms with van der Waals surface area (Å²) in [7, 11) is 1.50. The quantitative estimate of drug-likeness (QED) is 0.159. The Morgan fingerprint density at radius 3 is 1.56 bits per heavy atom. The van der Waals surface area contributed by atoms with Crippen LogP contribution in [0.3, 0.4) is 0 Å². The Balaban J connectivity index is 0.00000175. The van der Waals surface area contributed by atoms with E-state index in [0.717, 1.165) is 0 Å². The Bertz CT molecular complexity index is 2140. The summed E-state index contributed by atoms with van der Waals surface area (Å²) in [5.41, 5.74) is 15.8. The second kappa shape index (κ2) is 13.2. The van der Waals surface area contributed by atoms with E-state index in [2.05, 4.69) is 178 Å². The zero-order valence-electron chi connectivity index (χ0n) is 26.5. The van der Waals surface area contributed by atoms with Crippen molar-refractivity contribution >= 4 is 37.9 Å². The van der Waals surface area contributed by atoms with Gasteiger partial charge in [-0.3, -0.25) is 0 Å². The van der Waals surface area contributed by atoms with Gasteiger partial charge >= 0.3 is 0 Å². The smallest absolute Gasteiger partial charge is 0.00201 e. The number of rotatable bonds is 5. The van der Waals surface area contributed by atoms with E-state index in [1.165, 1.54) is 89.4 Å². The summed E-state index contributed by atoms with van der Waals surface area (Å²) in [6.45, 7) is 6.32. The van der Waals surface area contributed by atoms with Crippen LogP contribution in [0.1, 0.15) is 25.0 Å². The van der Waals surface area contributed by atoms with Crippen LogP contribution in [0.15, 0.2) is 152 Å². The predicted octanol–water partition coefficient (Wildman–Crippen LogP) is 12.0. The van der Waals surface area contributed by atoms with Crippen LogP contribution in [0, 0.1) is 6.92 Å². The van der Waals surface area contributed by atoms with Crippen molar-refractivity contribution in [2.75, 3.05) is 7.05 Å². The molecule has 1 heteroatoms. The minimum Gasteiger partial charge on any atom is -0.333 e. The largest absolute Gasteiger partial charge is 0.333 e. The summed E-state index contributed by atoms with van der Waals surface area (Å²) in [4.78, 5) is 0. The standard InChI is InChI=1S/C43H34.CH5N/c1-4-13-30(5-2)32-14-12-15-33(28-32)42-37-18-8-10-20-39(37)43(40-21-11-9-19-38(40)42)41-27-26-34(31-24-22-29(3)23-25-31)35-16-6-7-17-36(35)41;1-2/h4-28H,1-3H3;2H2,1H3/b13-4+,30-5+;. The highest BCUT2D eigenvalue weighted by Crippen LogP contribution is 2.46. The van der Waals surface area contributed by atoms with Crippen LogP contribution < -0.4 is 5.73 Å². The first-order valence-corrected chi connectivity index (χ1v) is 15.7. The maximum Gasteiger partial charge on any atom is -0.00201 e. The Morgan fingerprint density at radius 1 is 0.489 bits per heavy atom. The minimum atomic E-state index is 1.23. The van der Waals surface area contributed by atoms with E-state index in [1.54, 1.807) is 0 Å². The average molecular weight is 582 g/mol. The first-order valence-electron chi connectivity index (χ1n) is 15.7. The number of allylic oxidation sites excluding steroid dienone is 4. The zero-order valence-corrected chi connectivity index (χ0v) is 26.5. The van der Waals surface area contributed by atoms with Gasteiger partial charge in [-0.1, -0.05) is 151 Å². The Labute approximate surface area is 267 Å². The van der Waals surface area contributed by atoms with Gasteiger partial charge in [-0.15, -0.1) is 0 Å². The lowest BCUT2D eigenvalue weighted by atomic mass is 9.83. The summed E-state index contributed by atoms with van der Waals surface area (Å²) in [5.74, 6) is 0. The summed E-state index contributed by atoms with van der Waals surface area (Å²) in [5, 5.41) is 7.64. The fraction of sp³-hybridized carbons (Fsp3) is 0.0909. The molecule has 0 unspecified atom stereocenters. The van der Waals surface area contributed by atoms with Gasteiger partial charge in [-0.05, 0) is 111 Å². The molecular formula is C44H39N. The molecule has 7 rings (SSSR count). The monoisotopic (exact) mass is 581 g/mol. The van der Waals surface area contributed by atoms with Crippen LogP contribution in [0.4, 0.5) is 0 Å². The minimum absolute atomic E-state index is 1.23. The highest BCUT2D eigenvalue weighted by atomic mass is 14.4. The van der Waals surface area contributed by atoms with Gasteiger partial charge in [0.05, 0.1) is 0 Å². The lowest BCUT2D eigenvalue weighted by Gasteiger charge is -2.20. The molecule has 220 valence electrons. The van der Waals surface area contributed by atoms with Gasteiger partial charge in [0.25, 0.3) is 0 Å². The van der Waals surface area contributed by atoms with Crippen molar-refractivity contribution in [1.82, 2.24) is 0 Å². The lowest BCUT2D eigenvalue weighted by Crippen LogP contribution is -1.93. The SMILES string of the molecule is C/C=C/C(=C\C)c1cccc(-c2c3ccccc3c(-c3ccc(-c4ccc(C)cc4)c4ccccc34)c3ccccc23)c1.CN. The second-order valence-corrected chi connectivity index (χ2v) is 11.2. The fourth-order valence-electron chi connectivity index (χ4n) is 6.62. The van der Waals surface area contributed by atoms with Gasteiger partial charge in [-0.2, -0.15) is 0 Å².